The van der Waals surface area contributed by atoms with Gasteiger partial charge in [0, 0.05) is 31.2 Å². The fraction of sp³-hybridized carbons (Fsp3) is 0.654. The number of aliphatic hydroxyl groups excluding tert-OH is 2. The molecule has 4 N–H and O–H groups in total. The minimum absolute atomic E-state index is 0.0692. The SMILES string of the molecule is CCCOc1cc2c(cn1)OC(c1c(C)nc(NCC(C)(C)C)nc1N[C@@H]1C[C@H](CO)C[C@H]1O)C2. The highest BCUT2D eigenvalue weighted by Crippen LogP contribution is 2.41. The number of aliphatic hydroxyl groups is 2. The predicted molar refractivity (Wildman–Crippen MR) is 135 cm³/mol. The Bertz CT molecular complexity index is 1030. The first-order chi connectivity index (χ1) is 16.7. The number of nitrogens with one attached hydrogen (secondary N) is 2. The molecule has 4 atom stereocenters. The molecule has 0 amide bonds. The molecule has 2 aromatic heterocycles. The third kappa shape index (κ3) is 6.13. The van der Waals surface area contributed by atoms with Crippen LogP contribution in [0.5, 0.6) is 11.6 Å². The summed E-state index contributed by atoms with van der Waals surface area (Å²) in [5, 5.41) is 27.0. The summed E-state index contributed by atoms with van der Waals surface area (Å²) in [5.41, 5.74) is 2.80. The van der Waals surface area contributed by atoms with E-state index in [4.69, 9.17) is 19.4 Å². The number of ether oxygens (including phenoxy) is 2. The van der Waals surface area contributed by atoms with Gasteiger partial charge in [-0.2, -0.15) is 4.98 Å². The van der Waals surface area contributed by atoms with E-state index in [1.165, 1.54) is 0 Å². The van der Waals surface area contributed by atoms with Crippen molar-refractivity contribution in [3.8, 4) is 11.6 Å². The van der Waals surface area contributed by atoms with Crippen molar-refractivity contribution in [1.82, 2.24) is 15.0 Å². The molecule has 1 fully saturated rings. The Kier molecular flexibility index (Phi) is 7.66. The van der Waals surface area contributed by atoms with Gasteiger partial charge in [0.1, 0.15) is 17.7 Å². The number of anilines is 2. The van der Waals surface area contributed by atoms with Gasteiger partial charge in [-0.1, -0.05) is 27.7 Å². The van der Waals surface area contributed by atoms with Crippen molar-refractivity contribution in [3.05, 3.63) is 29.1 Å². The van der Waals surface area contributed by atoms with Crippen LogP contribution < -0.4 is 20.1 Å². The van der Waals surface area contributed by atoms with E-state index >= 15 is 0 Å². The molecule has 0 radical (unpaired) electrons. The second kappa shape index (κ2) is 10.5. The third-order valence-electron chi connectivity index (χ3n) is 6.49. The van der Waals surface area contributed by atoms with E-state index in [0.717, 1.165) is 35.5 Å². The van der Waals surface area contributed by atoms with Gasteiger partial charge in [0.05, 0.1) is 36.2 Å². The van der Waals surface area contributed by atoms with Crippen LogP contribution in [0, 0.1) is 18.3 Å². The third-order valence-corrected chi connectivity index (χ3v) is 6.49. The Hall–Kier alpha value is -2.65. The van der Waals surface area contributed by atoms with E-state index in [9.17, 15) is 10.2 Å². The van der Waals surface area contributed by atoms with Crippen LogP contribution in [0.3, 0.4) is 0 Å². The number of pyridine rings is 1. The van der Waals surface area contributed by atoms with Crippen molar-refractivity contribution in [2.45, 2.75) is 78.6 Å². The van der Waals surface area contributed by atoms with Gasteiger partial charge in [-0.05, 0) is 37.5 Å². The van der Waals surface area contributed by atoms with Gasteiger partial charge in [0.15, 0.2) is 0 Å². The highest BCUT2D eigenvalue weighted by atomic mass is 16.5. The maximum absolute atomic E-state index is 10.6. The first-order valence-electron chi connectivity index (χ1n) is 12.6. The van der Waals surface area contributed by atoms with Crippen molar-refractivity contribution in [2.75, 3.05) is 30.4 Å². The molecule has 1 saturated carbocycles. The molecule has 0 spiro atoms. The molecule has 1 aliphatic carbocycles. The fourth-order valence-corrected chi connectivity index (χ4v) is 4.67. The largest absolute Gasteiger partial charge is 0.483 e. The van der Waals surface area contributed by atoms with Gasteiger partial charge >= 0.3 is 0 Å². The predicted octanol–water partition coefficient (Wildman–Crippen LogP) is 3.65. The molecule has 2 aliphatic rings. The van der Waals surface area contributed by atoms with Crippen LogP contribution in [0.1, 0.15) is 69.9 Å². The van der Waals surface area contributed by atoms with Crippen LogP contribution in [0.15, 0.2) is 12.3 Å². The van der Waals surface area contributed by atoms with Crippen molar-refractivity contribution < 1.29 is 19.7 Å². The molecule has 0 saturated heterocycles. The summed E-state index contributed by atoms with van der Waals surface area (Å²) in [6.45, 7) is 11.9. The number of hydrogen-bond acceptors (Lipinski definition) is 9. The lowest BCUT2D eigenvalue weighted by atomic mass is 9.97. The monoisotopic (exact) mass is 485 g/mol. The van der Waals surface area contributed by atoms with Crippen LogP contribution in [-0.4, -0.2) is 57.1 Å². The minimum atomic E-state index is -0.551. The van der Waals surface area contributed by atoms with Gasteiger partial charge in [0.25, 0.3) is 0 Å². The van der Waals surface area contributed by atoms with E-state index in [2.05, 4.69) is 43.3 Å². The maximum atomic E-state index is 10.6. The lowest BCUT2D eigenvalue weighted by molar-refractivity contribution is 0.156. The number of rotatable bonds is 9. The fourth-order valence-electron chi connectivity index (χ4n) is 4.67. The van der Waals surface area contributed by atoms with Crippen molar-refractivity contribution >= 4 is 11.8 Å². The lowest BCUT2D eigenvalue weighted by Crippen LogP contribution is -2.30. The quantitative estimate of drug-likeness (QED) is 0.422. The molecule has 9 nitrogen and oxygen atoms in total. The van der Waals surface area contributed by atoms with Crippen LogP contribution in [-0.2, 0) is 6.42 Å². The van der Waals surface area contributed by atoms with Crippen molar-refractivity contribution in [2.24, 2.45) is 11.3 Å². The van der Waals surface area contributed by atoms with Crippen LogP contribution in [0.4, 0.5) is 11.8 Å². The second-order valence-corrected chi connectivity index (χ2v) is 10.9. The molecular formula is C26H39N5O4. The summed E-state index contributed by atoms with van der Waals surface area (Å²) in [6.07, 6.45) is 3.71. The van der Waals surface area contributed by atoms with Crippen LogP contribution >= 0.6 is 0 Å². The Morgan fingerprint density at radius 1 is 1.23 bits per heavy atom. The van der Waals surface area contributed by atoms with E-state index in [1.54, 1.807) is 6.20 Å². The first-order valence-corrected chi connectivity index (χ1v) is 12.6. The van der Waals surface area contributed by atoms with Gasteiger partial charge in [0.2, 0.25) is 11.8 Å². The Morgan fingerprint density at radius 2 is 2.03 bits per heavy atom. The molecule has 9 heteroatoms. The summed E-state index contributed by atoms with van der Waals surface area (Å²) >= 11 is 0. The topological polar surface area (TPSA) is 122 Å². The van der Waals surface area contributed by atoms with Gasteiger partial charge < -0.3 is 30.3 Å². The molecule has 2 aromatic rings. The highest BCUT2D eigenvalue weighted by molar-refractivity contribution is 5.55. The second-order valence-electron chi connectivity index (χ2n) is 10.9. The van der Waals surface area contributed by atoms with Crippen molar-refractivity contribution in [1.29, 1.82) is 0 Å². The van der Waals surface area contributed by atoms with E-state index < -0.39 is 6.10 Å². The molecule has 0 bridgehead atoms. The van der Waals surface area contributed by atoms with Crippen molar-refractivity contribution in [3.63, 3.8) is 0 Å². The number of hydrogen-bond donors (Lipinski definition) is 4. The summed E-state index contributed by atoms with van der Waals surface area (Å²) in [7, 11) is 0. The standard InChI is InChI=1S/C26H39N5O4/c1-6-7-34-22-11-17-10-20(35-21(17)12-27-22)23-15(2)29-25(28-14-26(3,4)5)31-24(23)30-18-8-16(13-32)9-19(18)33/h11-12,16,18-20,32-33H,6-10,13-14H2,1-5H3,(H2,28,29,30,31)/t16-,18+,19+,20?/m0/s1. The smallest absolute Gasteiger partial charge is 0.224 e. The van der Waals surface area contributed by atoms with E-state index in [0.29, 0.717) is 43.5 Å². The first kappa shape index (κ1) is 25.4. The molecule has 192 valence electrons. The summed E-state index contributed by atoms with van der Waals surface area (Å²) in [5.74, 6) is 2.62. The molecule has 0 aromatic carbocycles. The van der Waals surface area contributed by atoms with Crippen LogP contribution in [0.25, 0.3) is 0 Å². The minimum Gasteiger partial charge on any atom is -0.483 e. The molecular weight excluding hydrogens is 446 g/mol. The summed E-state index contributed by atoms with van der Waals surface area (Å²) in [6, 6.07) is 1.75. The maximum Gasteiger partial charge on any atom is 0.224 e. The molecule has 1 aliphatic heterocycles. The van der Waals surface area contributed by atoms with E-state index in [-0.39, 0.29) is 30.1 Å². The summed E-state index contributed by atoms with van der Waals surface area (Å²) in [4.78, 5) is 13.9. The van der Waals surface area contributed by atoms with Gasteiger partial charge in [-0.3, -0.25) is 0 Å². The average Bonchev–Trinajstić information content (AvgIpc) is 3.38. The zero-order chi connectivity index (χ0) is 25.2. The molecule has 3 heterocycles. The zero-order valence-electron chi connectivity index (χ0n) is 21.5. The lowest BCUT2D eigenvalue weighted by Gasteiger charge is -2.24. The number of fused-ring (bicyclic) bond motifs is 1. The Balaban J connectivity index is 1.62. The highest BCUT2D eigenvalue weighted by Gasteiger charge is 2.36. The Morgan fingerprint density at radius 3 is 2.71 bits per heavy atom. The number of aryl methyl sites for hydroxylation is 1. The summed E-state index contributed by atoms with van der Waals surface area (Å²) < 4.78 is 12.0. The van der Waals surface area contributed by atoms with Gasteiger partial charge in [-0.25, -0.2) is 9.97 Å². The van der Waals surface area contributed by atoms with E-state index in [1.807, 2.05) is 13.0 Å². The van der Waals surface area contributed by atoms with Crippen LogP contribution in [0.2, 0.25) is 0 Å². The Labute approximate surface area is 207 Å². The molecule has 35 heavy (non-hydrogen) atoms. The number of nitrogens with zero attached hydrogens (tertiary/aromatic N) is 3. The zero-order valence-corrected chi connectivity index (χ0v) is 21.5. The molecule has 4 rings (SSSR count). The average molecular weight is 486 g/mol. The number of aromatic nitrogens is 3. The van der Waals surface area contributed by atoms with Gasteiger partial charge in [-0.15, -0.1) is 0 Å². The normalized spacial score (nSPS) is 23.6. The molecule has 1 unspecified atom stereocenters.